The van der Waals surface area contributed by atoms with E-state index in [1.165, 1.54) is 7.11 Å². The van der Waals surface area contributed by atoms with Gasteiger partial charge in [0.1, 0.15) is 5.92 Å². The summed E-state index contributed by atoms with van der Waals surface area (Å²) < 4.78 is 4.68. The number of allylic oxidation sites excluding steroid dienone is 2. The van der Waals surface area contributed by atoms with E-state index >= 15 is 0 Å². The predicted molar refractivity (Wildman–Crippen MR) is 71.7 cm³/mol. The SMILES string of the molecule is CCCC(=O)C1=C(Cl)CC(C)(C)[C@H](C(=O)OC)C1=O. The summed E-state index contributed by atoms with van der Waals surface area (Å²) >= 11 is 6.09. The van der Waals surface area contributed by atoms with Crippen LogP contribution in [-0.2, 0) is 19.1 Å². The summed E-state index contributed by atoms with van der Waals surface area (Å²) in [5.74, 6) is -2.37. The van der Waals surface area contributed by atoms with Crippen LogP contribution >= 0.6 is 11.6 Å². The highest BCUT2D eigenvalue weighted by Crippen LogP contribution is 2.43. The van der Waals surface area contributed by atoms with Crippen molar-refractivity contribution in [2.24, 2.45) is 11.3 Å². The first-order valence-electron chi connectivity index (χ1n) is 6.30. The van der Waals surface area contributed by atoms with Crippen LogP contribution in [0, 0.1) is 11.3 Å². The van der Waals surface area contributed by atoms with E-state index in [1.807, 2.05) is 6.92 Å². The quantitative estimate of drug-likeness (QED) is 0.453. The monoisotopic (exact) mass is 286 g/mol. The van der Waals surface area contributed by atoms with Crippen LogP contribution in [0.25, 0.3) is 0 Å². The van der Waals surface area contributed by atoms with Gasteiger partial charge in [0, 0.05) is 11.5 Å². The number of Topliss-reactive ketones (excluding diaryl/α,β-unsaturated/α-hetero) is 2. The number of ketones is 2. The van der Waals surface area contributed by atoms with Crippen molar-refractivity contribution >= 4 is 29.1 Å². The molecule has 0 aromatic rings. The summed E-state index contributed by atoms with van der Waals surface area (Å²) in [5.41, 5.74) is -0.657. The Morgan fingerprint density at radius 3 is 2.47 bits per heavy atom. The fourth-order valence-electron chi connectivity index (χ4n) is 2.41. The number of ether oxygens (including phenoxy) is 1. The average Bonchev–Trinajstić information content (AvgIpc) is 2.26. The Balaban J connectivity index is 3.24. The molecule has 19 heavy (non-hydrogen) atoms. The molecule has 0 aliphatic heterocycles. The third-order valence-corrected chi connectivity index (χ3v) is 3.69. The van der Waals surface area contributed by atoms with Gasteiger partial charge < -0.3 is 4.74 Å². The molecule has 5 heteroatoms. The van der Waals surface area contributed by atoms with Crippen molar-refractivity contribution < 1.29 is 19.1 Å². The van der Waals surface area contributed by atoms with Crippen LogP contribution in [0.15, 0.2) is 10.6 Å². The van der Waals surface area contributed by atoms with Gasteiger partial charge in [-0.05, 0) is 18.3 Å². The van der Waals surface area contributed by atoms with Crippen LogP contribution in [0.1, 0.15) is 40.0 Å². The standard InChI is InChI=1S/C14H19ClO4/c1-5-6-9(16)10-8(15)7-14(2,3)11(12(10)17)13(18)19-4/h11H,5-7H2,1-4H3/t11-/m0/s1. The second kappa shape index (κ2) is 5.87. The molecule has 0 aromatic heterocycles. The van der Waals surface area contributed by atoms with Gasteiger partial charge in [-0.15, -0.1) is 0 Å². The van der Waals surface area contributed by atoms with Crippen LogP contribution in [0.5, 0.6) is 0 Å². The number of methoxy groups -OCH3 is 1. The van der Waals surface area contributed by atoms with E-state index in [0.29, 0.717) is 12.8 Å². The third kappa shape index (κ3) is 3.06. The Morgan fingerprint density at radius 1 is 1.42 bits per heavy atom. The number of halogens is 1. The number of esters is 1. The van der Waals surface area contributed by atoms with Crippen molar-refractivity contribution in [3.63, 3.8) is 0 Å². The average molecular weight is 287 g/mol. The van der Waals surface area contributed by atoms with Crippen LogP contribution in [0.4, 0.5) is 0 Å². The second-order valence-corrected chi connectivity index (χ2v) is 5.90. The van der Waals surface area contributed by atoms with Gasteiger partial charge in [-0.25, -0.2) is 0 Å². The number of hydrogen-bond donors (Lipinski definition) is 0. The van der Waals surface area contributed by atoms with E-state index < -0.39 is 23.1 Å². The molecule has 0 radical (unpaired) electrons. The van der Waals surface area contributed by atoms with Crippen LogP contribution in [0.2, 0.25) is 0 Å². The maximum Gasteiger partial charge on any atom is 0.317 e. The van der Waals surface area contributed by atoms with Gasteiger partial charge in [0.05, 0.1) is 12.7 Å². The Bertz CT molecular complexity index is 448. The first-order valence-corrected chi connectivity index (χ1v) is 6.68. The number of carbonyl (C=O) groups is 3. The fraction of sp³-hybridized carbons (Fsp3) is 0.643. The van der Waals surface area contributed by atoms with E-state index in [4.69, 9.17) is 11.6 Å². The molecule has 0 aromatic carbocycles. The highest BCUT2D eigenvalue weighted by atomic mass is 35.5. The molecule has 106 valence electrons. The lowest BCUT2D eigenvalue weighted by Crippen LogP contribution is -2.43. The summed E-state index contributed by atoms with van der Waals surface area (Å²) in [7, 11) is 1.24. The van der Waals surface area contributed by atoms with Crippen molar-refractivity contribution in [1.29, 1.82) is 0 Å². The molecule has 0 heterocycles. The minimum Gasteiger partial charge on any atom is -0.468 e. The molecular formula is C14H19ClO4. The van der Waals surface area contributed by atoms with Crippen molar-refractivity contribution in [1.82, 2.24) is 0 Å². The largest absolute Gasteiger partial charge is 0.468 e. The van der Waals surface area contributed by atoms with E-state index in [0.717, 1.165) is 0 Å². The summed E-state index contributed by atoms with van der Waals surface area (Å²) in [5, 5.41) is 0.258. The van der Waals surface area contributed by atoms with Gasteiger partial charge in [0.25, 0.3) is 0 Å². The molecule has 1 rings (SSSR count). The van der Waals surface area contributed by atoms with Crippen LogP contribution in [-0.4, -0.2) is 24.6 Å². The van der Waals surface area contributed by atoms with Gasteiger partial charge in [0.2, 0.25) is 0 Å². The highest BCUT2D eigenvalue weighted by Gasteiger charge is 2.48. The molecule has 0 spiro atoms. The van der Waals surface area contributed by atoms with Crippen molar-refractivity contribution in [2.45, 2.75) is 40.0 Å². The Labute approximate surface area is 118 Å². The molecule has 1 aliphatic carbocycles. The molecule has 0 N–H and O–H groups in total. The van der Waals surface area contributed by atoms with E-state index in [9.17, 15) is 14.4 Å². The lowest BCUT2D eigenvalue weighted by molar-refractivity contribution is -0.153. The van der Waals surface area contributed by atoms with Gasteiger partial charge >= 0.3 is 5.97 Å². The number of hydrogen-bond acceptors (Lipinski definition) is 4. The highest BCUT2D eigenvalue weighted by molar-refractivity contribution is 6.38. The van der Waals surface area contributed by atoms with E-state index in [2.05, 4.69) is 4.74 Å². The molecule has 0 bridgehead atoms. The summed E-state index contributed by atoms with van der Waals surface area (Å²) in [6.45, 7) is 5.40. The van der Waals surface area contributed by atoms with E-state index in [1.54, 1.807) is 13.8 Å². The van der Waals surface area contributed by atoms with Gasteiger partial charge in [-0.1, -0.05) is 32.4 Å². The summed E-state index contributed by atoms with van der Waals surface area (Å²) in [6, 6.07) is 0. The van der Waals surface area contributed by atoms with Crippen LogP contribution < -0.4 is 0 Å². The molecule has 1 aliphatic rings. The summed E-state index contributed by atoms with van der Waals surface area (Å²) in [4.78, 5) is 36.2. The number of rotatable bonds is 4. The van der Waals surface area contributed by atoms with Gasteiger partial charge in [0.15, 0.2) is 11.6 Å². The molecule has 0 fully saturated rings. The topological polar surface area (TPSA) is 60.4 Å². The maximum atomic E-state index is 12.4. The van der Waals surface area contributed by atoms with Gasteiger partial charge in [-0.2, -0.15) is 0 Å². The molecule has 1 atom stereocenters. The second-order valence-electron chi connectivity index (χ2n) is 5.44. The minimum absolute atomic E-state index is 0.0155. The lowest BCUT2D eigenvalue weighted by atomic mass is 9.68. The maximum absolute atomic E-state index is 12.4. The zero-order valence-corrected chi connectivity index (χ0v) is 12.5. The molecule has 4 nitrogen and oxygen atoms in total. The third-order valence-electron chi connectivity index (χ3n) is 3.36. The molecule has 0 saturated carbocycles. The van der Waals surface area contributed by atoms with Gasteiger partial charge in [-0.3, -0.25) is 14.4 Å². The Morgan fingerprint density at radius 2 is 2.00 bits per heavy atom. The zero-order valence-electron chi connectivity index (χ0n) is 11.7. The van der Waals surface area contributed by atoms with Crippen molar-refractivity contribution in [3.8, 4) is 0 Å². The lowest BCUT2D eigenvalue weighted by Gasteiger charge is -2.35. The molecule has 0 saturated heterocycles. The Hall–Kier alpha value is -1.16. The zero-order chi connectivity index (χ0) is 14.8. The Kier molecular flexibility index (Phi) is 4.91. The molecule has 0 amide bonds. The molecular weight excluding hydrogens is 268 g/mol. The summed E-state index contributed by atoms with van der Waals surface area (Å²) in [6.07, 6.45) is 1.21. The van der Waals surface area contributed by atoms with E-state index in [-0.39, 0.29) is 22.8 Å². The smallest absolute Gasteiger partial charge is 0.317 e. The molecule has 0 unspecified atom stereocenters. The van der Waals surface area contributed by atoms with Crippen molar-refractivity contribution in [2.75, 3.05) is 7.11 Å². The first-order chi connectivity index (χ1) is 8.76. The fourth-order valence-corrected chi connectivity index (χ4v) is 2.95. The number of carbonyl (C=O) groups excluding carboxylic acids is 3. The first kappa shape index (κ1) is 15.9. The predicted octanol–water partition coefficient (Wildman–Crippen LogP) is 2.64. The minimum atomic E-state index is -0.962. The normalized spacial score (nSPS) is 22.4. The van der Waals surface area contributed by atoms with Crippen molar-refractivity contribution in [3.05, 3.63) is 10.6 Å². The van der Waals surface area contributed by atoms with Crippen LogP contribution in [0.3, 0.4) is 0 Å².